The van der Waals surface area contributed by atoms with Gasteiger partial charge in [0.05, 0.1) is 16.8 Å². The first-order chi connectivity index (χ1) is 17.1. The summed E-state index contributed by atoms with van der Waals surface area (Å²) in [6.07, 6.45) is 1.52. The number of halogens is 1. The molecule has 0 fully saturated rings. The van der Waals surface area contributed by atoms with Gasteiger partial charge in [0.15, 0.2) is 0 Å². The van der Waals surface area contributed by atoms with Crippen LogP contribution < -0.4 is 14.6 Å². The lowest BCUT2D eigenvalue weighted by Crippen LogP contribution is -2.40. The minimum absolute atomic E-state index is 0.0806. The molecule has 36 heavy (non-hydrogen) atoms. The number of nitrogens with one attached hydrogen (secondary N) is 1. The summed E-state index contributed by atoms with van der Waals surface area (Å²) in [4.78, 5) is 15.1. The van der Waals surface area contributed by atoms with Crippen LogP contribution in [0.1, 0.15) is 30.5 Å². The Bertz CT molecular complexity index is 1320. The molecular formula is C27H31ClN4O3S. The Morgan fingerprint density at radius 3 is 2.22 bits per heavy atom. The molecule has 1 N–H and O–H groups in total. The summed E-state index contributed by atoms with van der Waals surface area (Å²) in [6.45, 7) is 9.19. The van der Waals surface area contributed by atoms with Gasteiger partial charge >= 0.3 is 0 Å². The summed E-state index contributed by atoms with van der Waals surface area (Å²) >= 11 is 6.17. The van der Waals surface area contributed by atoms with E-state index in [-0.39, 0.29) is 4.90 Å². The van der Waals surface area contributed by atoms with Crippen LogP contribution in [0, 0.1) is 13.8 Å². The number of hydrogen-bond donors (Lipinski definition) is 1. The minimum atomic E-state index is -4.04. The number of sulfonamides is 1. The van der Waals surface area contributed by atoms with E-state index < -0.39 is 22.5 Å². The van der Waals surface area contributed by atoms with Crippen LogP contribution in [0.2, 0.25) is 5.02 Å². The fourth-order valence-corrected chi connectivity index (χ4v) is 5.34. The van der Waals surface area contributed by atoms with Crippen LogP contribution in [0.5, 0.6) is 0 Å². The number of hydrogen-bond acceptors (Lipinski definition) is 5. The minimum Gasteiger partial charge on any atom is -0.372 e. The summed E-state index contributed by atoms with van der Waals surface area (Å²) < 4.78 is 28.1. The van der Waals surface area contributed by atoms with E-state index in [0.717, 1.165) is 34.2 Å². The van der Waals surface area contributed by atoms with Crippen molar-refractivity contribution in [2.75, 3.05) is 28.8 Å². The molecular weight excluding hydrogens is 496 g/mol. The van der Waals surface area contributed by atoms with Gasteiger partial charge in [0.1, 0.15) is 6.54 Å². The molecule has 0 aromatic heterocycles. The Morgan fingerprint density at radius 2 is 1.61 bits per heavy atom. The third kappa shape index (κ3) is 6.65. The number of anilines is 2. The van der Waals surface area contributed by atoms with E-state index >= 15 is 0 Å². The molecule has 0 aliphatic carbocycles. The number of nitrogens with zero attached hydrogens (tertiary/aromatic N) is 3. The molecule has 0 atom stereocenters. The second-order valence-electron chi connectivity index (χ2n) is 8.31. The highest BCUT2D eigenvalue weighted by Crippen LogP contribution is 2.29. The Hall–Kier alpha value is -3.36. The Labute approximate surface area is 218 Å². The first-order valence-electron chi connectivity index (χ1n) is 11.7. The van der Waals surface area contributed by atoms with E-state index in [0.29, 0.717) is 16.3 Å². The molecule has 0 bridgehead atoms. The number of hydrazone groups is 1. The SMILES string of the molecule is CCN(CC)c1ccc(/C=N\NC(=O)CN(c2cc(Cl)ccc2C)S(=O)(=O)c2ccc(C)cc2)cc1. The van der Waals surface area contributed by atoms with Crippen molar-refractivity contribution in [2.24, 2.45) is 5.10 Å². The summed E-state index contributed by atoms with van der Waals surface area (Å²) in [5.41, 5.74) is 6.27. The maximum absolute atomic E-state index is 13.5. The smallest absolute Gasteiger partial charge is 0.264 e. The largest absolute Gasteiger partial charge is 0.372 e. The van der Waals surface area contributed by atoms with Crippen LogP contribution in [0.4, 0.5) is 11.4 Å². The standard InChI is InChI=1S/C27H31ClN4O3S/c1-5-31(6-2)24-13-10-22(11-14-24)18-29-30-27(33)19-32(26-17-23(28)12-9-21(26)4)36(34,35)25-15-7-20(3)8-16-25/h7-18H,5-6,19H2,1-4H3,(H,30,33)/b29-18-. The van der Waals surface area contributed by atoms with Crippen molar-refractivity contribution in [3.05, 3.63) is 88.4 Å². The van der Waals surface area contributed by atoms with E-state index in [1.165, 1.54) is 24.4 Å². The molecule has 9 heteroatoms. The number of benzene rings is 3. The first kappa shape index (κ1) is 27.2. The Morgan fingerprint density at radius 1 is 0.972 bits per heavy atom. The molecule has 0 heterocycles. The van der Waals surface area contributed by atoms with Crippen molar-refractivity contribution < 1.29 is 13.2 Å². The molecule has 3 aromatic carbocycles. The van der Waals surface area contributed by atoms with Crippen LogP contribution >= 0.6 is 11.6 Å². The highest BCUT2D eigenvalue weighted by Gasteiger charge is 2.28. The van der Waals surface area contributed by atoms with Crippen molar-refractivity contribution in [1.82, 2.24) is 5.43 Å². The lowest BCUT2D eigenvalue weighted by Gasteiger charge is -2.25. The quantitative estimate of drug-likeness (QED) is 0.292. The third-order valence-electron chi connectivity index (χ3n) is 5.76. The van der Waals surface area contributed by atoms with Crippen molar-refractivity contribution in [3.8, 4) is 0 Å². The van der Waals surface area contributed by atoms with E-state index in [2.05, 4.69) is 29.3 Å². The fourth-order valence-electron chi connectivity index (χ4n) is 3.69. The molecule has 0 unspecified atom stereocenters. The van der Waals surface area contributed by atoms with Gasteiger partial charge in [-0.1, -0.05) is 47.5 Å². The molecule has 0 aliphatic heterocycles. The zero-order valence-electron chi connectivity index (χ0n) is 20.9. The molecule has 3 aromatic rings. The molecule has 0 aliphatic rings. The maximum Gasteiger partial charge on any atom is 0.264 e. The Balaban J connectivity index is 1.81. The molecule has 0 radical (unpaired) electrons. The molecule has 0 spiro atoms. The maximum atomic E-state index is 13.5. The van der Waals surface area contributed by atoms with Crippen LogP contribution in [0.25, 0.3) is 0 Å². The van der Waals surface area contributed by atoms with E-state index in [1.54, 1.807) is 31.2 Å². The fraction of sp³-hybridized carbons (Fsp3) is 0.259. The van der Waals surface area contributed by atoms with Crippen LogP contribution in [-0.4, -0.2) is 40.2 Å². The number of carbonyl (C=O) groups is 1. The van der Waals surface area contributed by atoms with Crippen LogP contribution in [0.15, 0.2) is 76.7 Å². The number of amides is 1. The summed E-state index contributed by atoms with van der Waals surface area (Å²) in [6, 6.07) is 19.2. The van der Waals surface area contributed by atoms with Gasteiger partial charge in [0, 0.05) is 23.8 Å². The highest BCUT2D eigenvalue weighted by molar-refractivity contribution is 7.92. The van der Waals surface area contributed by atoms with E-state index in [1.807, 2.05) is 31.2 Å². The van der Waals surface area contributed by atoms with Crippen molar-refractivity contribution in [3.63, 3.8) is 0 Å². The van der Waals surface area contributed by atoms with Gasteiger partial charge in [0.25, 0.3) is 15.9 Å². The van der Waals surface area contributed by atoms with Gasteiger partial charge in [-0.3, -0.25) is 9.10 Å². The lowest BCUT2D eigenvalue weighted by molar-refractivity contribution is -0.119. The van der Waals surface area contributed by atoms with E-state index in [4.69, 9.17) is 11.6 Å². The normalized spacial score (nSPS) is 11.5. The van der Waals surface area contributed by atoms with Gasteiger partial charge < -0.3 is 4.90 Å². The van der Waals surface area contributed by atoms with Gasteiger partial charge in [-0.15, -0.1) is 0 Å². The topological polar surface area (TPSA) is 82.1 Å². The second-order valence-corrected chi connectivity index (χ2v) is 10.6. The first-order valence-corrected chi connectivity index (χ1v) is 13.5. The Kier molecular flexibility index (Phi) is 9.12. The van der Waals surface area contributed by atoms with Crippen molar-refractivity contribution in [1.29, 1.82) is 0 Å². The number of rotatable bonds is 10. The lowest BCUT2D eigenvalue weighted by atomic mass is 10.2. The second kappa shape index (κ2) is 12.1. The average molecular weight is 527 g/mol. The van der Waals surface area contributed by atoms with Crippen molar-refractivity contribution >= 4 is 45.1 Å². The number of aryl methyl sites for hydroxylation is 2. The predicted molar refractivity (Wildman–Crippen MR) is 148 cm³/mol. The number of carbonyl (C=O) groups excluding carboxylic acids is 1. The molecule has 0 saturated heterocycles. The van der Waals surface area contributed by atoms with Gasteiger partial charge in [-0.2, -0.15) is 5.10 Å². The third-order valence-corrected chi connectivity index (χ3v) is 7.77. The zero-order valence-corrected chi connectivity index (χ0v) is 22.5. The summed E-state index contributed by atoms with van der Waals surface area (Å²) in [5, 5.41) is 4.39. The molecule has 0 saturated carbocycles. The molecule has 7 nitrogen and oxygen atoms in total. The molecule has 3 rings (SSSR count). The average Bonchev–Trinajstić information content (AvgIpc) is 2.86. The summed E-state index contributed by atoms with van der Waals surface area (Å²) in [7, 11) is -4.04. The molecule has 1 amide bonds. The zero-order chi connectivity index (χ0) is 26.3. The highest BCUT2D eigenvalue weighted by atomic mass is 35.5. The molecule has 190 valence electrons. The summed E-state index contributed by atoms with van der Waals surface area (Å²) in [5.74, 6) is -0.582. The van der Waals surface area contributed by atoms with Crippen LogP contribution in [-0.2, 0) is 14.8 Å². The predicted octanol–water partition coefficient (Wildman–Crippen LogP) is 5.15. The monoisotopic (exact) mass is 526 g/mol. The van der Waals surface area contributed by atoms with Gasteiger partial charge in [-0.05, 0) is 75.2 Å². The van der Waals surface area contributed by atoms with Crippen molar-refractivity contribution in [2.45, 2.75) is 32.6 Å². The van der Waals surface area contributed by atoms with E-state index in [9.17, 15) is 13.2 Å². The van der Waals surface area contributed by atoms with Crippen LogP contribution in [0.3, 0.4) is 0 Å². The van der Waals surface area contributed by atoms with Gasteiger partial charge in [0.2, 0.25) is 0 Å². The van der Waals surface area contributed by atoms with Gasteiger partial charge in [-0.25, -0.2) is 13.8 Å².